The zero-order valence-corrected chi connectivity index (χ0v) is 16.6. The highest BCUT2D eigenvalue weighted by atomic mass is 32.2. The van der Waals surface area contributed by atoms with Crippen LogP contribution in [0.3, 0.4) is 0 Å². The molecule has 1 atom stereocenters. The number of phenols is 1. The Morgan fingerprint density at radius 2 is 1.70 bits per heavy atom. The van der Waals surface area contributed by atoms with Gasteiger partial charge in [0.2, 0.25) is 5.75 Å². The van der Waals surface area contributed by atoms with Gasteiger partial charge in [-0.25, -0.2) is 0 Å². The molecule has 0 fully saturated rings. The van der Waals surface area contributed by atoms with Crippen LogP contribution in [0.5, 0.6) is 28.7 Å². The Bertz CT molecular complexity index is 858. The third-order valence-electron chi connectivity index (χ3n) is 4.58. The minimum absolute atomic E-state index is 0.0845. The first kappa shape index (κ1) is 19.2. The normalized spacial score (nSPS) is 13.6. The maximum Gasteiger partial charge on any atom is 0.316 e. The number of phenolic OH excluding ortho intramolecular Hbond substituents is 1. The van der Waals surface area contributed by atoms with Gasteiger partial charge in [0.1, 0.15) is 11.5 Å². The van der Waals surface area contributed by atoms with E-state index in [-0.39, 0.29) is 11.5 Å². The van der Waals surface area contributed by atoms with Gasteiger partial charge in [0.25, 0.3) is 0 Å². The quantitative estimate of drug-likeness (QED) is 0.702. The van der Waals surface area contributed by atoms with Gasteiger partial charge in [-0.1, -0.05) is 6.07 Å². The first-order valence-corrected chi connectivity index (χ1v) is 9.57. The van der Waals surface area contributed by atoms with E-state index in [0.29, 0.717) is 22.9 Å². The van der Waals surface area contributed by atoms with Crippen molar-refractivity contribution in [1.29, 1.82) is 0 Å². The monoisotopic (exact) mass is 393 g/mol. The molecule has 146 valence electrons. The van der Waals surface area contributed by atoms with E-state index in [4.69, 9.17) is 18.4 Å². The maximum absolute atomic E-state index is 12.7. The number of hydrogen-bond acceptors (Lipinski definition) is 6. The van der Waals surface area contributed by atoms with E-state index in [1.54, 1.807) is 12.1 Å². The van der Waals surface area contributed by atoms with E-state index in [2.05, 4.69) is 4.72 Å². The van der Waals surface area contributed by atoms with Crippen LogP contribution in [0, 0.1) is 6.92 Å². The number of nitrogens with one attached hydrogen (secondary N) is 1. The second-order valence-electron chi connectivity index (χ2n) is 6.19. The second-order valence-corrected chi connectivity index (χ2v) is 7.03. The molecule has 0 amide bonds. The summed E-state index contributed by atoms with van der Waals surface area (Å²) in [6.45, 7) is 1.82. The van der Waals surface area contributed by atoms with Gasteiger partial charge >= 0.3 is 11.3 Å². The van der Waals surface area contributed by atoms with Crippen LogP contribution in [0.4, 0.5) is 5.69 Å². The molecule has 1 aliphatic rings. The van der Waals surface area contributed by atoms with Crippen LogP contribution < -0.4 is 23.1 Å². The van der Waals surface area contributed by atoms with Crippen LogP contribution in [0.15, 0.2) is 18.2 Å². The summed E-state index contributed by atoms with van der Waals surface area (Å²) in [5, 5.41) is 10.4. The average molecular weight is 393 g/mol. The number of methoxy groups -OCH3 is 3. The average Bonchev–Trinajstić information content (AvgIpc) is 3.13. The predicted octanol–water partition coefficient (Wildman–Crippen LogP) is 3.28. The van der Waals surface area contributed by atoms with E-state index >= 15 is 0 Å². The van der Waals surface area contributed by atoms with Gasteiger partial charge in [-0.05, 0) is 42.9 Å². The van der Waals surface area contributed by atoms with Gasteiger partial charge in [0.05, 0.1) is 27.0 Å². The number of aryl methyl sites for hydroxylation is 2. The Balaban J connectivity index is 1.90. The molecule has 0 saturated heterocycles. The number of aromatic hydroxyl groups is 1. The molecular formula is C19H23NO6S. The van der Waals surface area contributed by atoms with E-state index in [9.17, 15) is 9.32 Å². The maximum atomic E-state index is 12.7. The number of benzene rings is 2. The SMILES string of the molecule is COc1cc(OC)c(OS(=O)Nc2c(O)c(C)cc3c2CCC3)c(OC)c1. The topological polar surface area (TPSA) is 86.3 Å². The van der Waals surface area contributed by atoms with Crippen molar-refractivity contribution in [2.75, 3.05) is 26.1 Å². The van der Waals surface area contributed by atoms with Crippen molar-refractivity contribution in [1.82, 2.24) is 0 Å². The molecule has 0 bridgehead atoms. The fourth-order valence-electron chi connectivity index (χ4n) is 3.23. The molecule has 7 nitrogen and oxygen atoms in total. The fraction of sp³-hybridized carbons (Fsp3) is 0.368. The number of hydrogen-bond donors (Lipinski definition) is 2. The Morgan fingerprint density at radius 3 is 2.30 bits per heavy atom. The van der Waals surface area contributed by atoms with Gasteiger partial charge < -0.3 is 23.5 Å². The second kappa shape index (κ2) is 7.96. The van der Waals surface area contributed by atoms with Crippen molar-refractivity contribution >= 4 is 17.0 Å². The summed E-state index contributed by atoms with van der Waals surface area (Å²) in [6.07, 6.45) is 2.76. The lowest BCUT2D eigenvalue weighted by atomic mass is 10.0. The van der Waals surface area contributed by atoms with Crippen LogP contribution >= 0.6 is 0 Å². The summed E-state index contributed by atoms with van der Waals surface area (Å²) in [6, 6.07) is 5.19. The largest absolute Gasteiger partial charge is 0.505 e. The molecule has 2 N–H and O–H groups in total. The molecule has 0 aliphatic heterocycles. The third kappa shape index (κ3) is 3.75. The minimum atomic E-state index is -1.98. The van der Waals surface area contributed by atoms with Crippen molar-refractivity contribution in [2.45, 2.75) is 26.2 Å². The van der Waals surface area contributed by atoms with E-state index < -0.39 is 11.3 Å². The van der Waals surface area contributed by atoms with Crippen LogP contribution in [-0.2, 0) is 24.1 Å². The summed E-state index contributed by atoms with van der Waals surface area (Å²) in [5.74, 6) is 1.42. The van der Waals surface area contributed by atoms with Crippen LogP contribution in [0.25, 0.3) is 0 Å². The molecule has 0 spiro atoms. The third-order valence-corrected chi connectivity index (χ3v) is 5.27. The lowest BCUT2D eigenvalue weighted by molar-refractivity contribution is 0.354. The standard InChI is InChI=1S/C19H23NO6S/c1-11-8-12-6-5-7-14(12)17(18(11)21)20-27(22)26-19-15(24-3)9-13(23-2)10-16(19)25-4/h8-10,20-21H,5-7H2,1-4H3. The summed E-state index contributed by atoms with van der Waals surface area (Å²) < 4.78 is 36.8. The molecular weight excluding hydrogens is 370 g/mol. The lowest BCUT2D eigenvalue weighted by Crippen LogP contribution is -2.14. The zero-order valence-electron chi connectivity index (χ0n) is 15.8. The minimum Gasteiger partial charge on any atom is -0.505 e. The van der Waals surface area contributed by atoms with Crippen molar-refractivity contribution < 1.29 is 27.7 Å². The number of ether oxygens (including phenoxy) is 3. The van der Waals surface area contributed by atoms with Gasteiger partial charge in [-0.2, -0.15) is 4.21 Å². The van der Waals surface area contributed by atoms with E-state index in [1.807, 2.05) is 13.0 Å². The predicted molar refractivity (Wildman–Crippen MR) is 103 cm³/mol. The van der Waals surface area contributed by atoms with E-state index in [1.165, 1.54) is 21.3 Å². The molecule has 2 aromatic rings. The highest BCUT2D eigenvalue weighted by molar-refractivity contribution is 7.82. The van der Waals surface area contributed by atoms with Gasteiger partial charge in [0.15, 0.2) is 11.5 Å². The molecule has 0 saturated carbocycles. The summed E-state index contributed by atoms with van der Waals surface area (Å²) in [7, 11) is 4.46. The van der Waals surface area contributed by atoms with E-state index in [0.717, 1.165) is 36.0 Å². The van der Waals surface area contributed by atoms with Gasteiger partial charge in [-0.15, -0.1) is 0 Å². The molecule has 8 heteroatoms. The highest BCUT2D eigenvalue weighted by Crippen LogP contribution is 2.42. The summed E-state index contributed by atoms with van der Waals surface area (Å²) in [4.78, 5) is 0. The number of fused-ring (bicyclic) bond motifs is 1. The van der Waals surface area contributed by atoms with Gasteiger partial charge in [-0.3, -0.25) is 4.72 Å². The van der Waals surface area contributed by atoms with Gasteiger partial charge in [0, 0.05) is 12.1 Å². The fourth-order valence-corrected chi connectivity index (χ4v) is 3.97. The van der Waals surface area contributed by atoms with Crippen molar-refractivity contribution in [3.63, 3.8) is 0 Å². The molecule has 0 aromatic heterocycles. The lowest BCUT2D eigenvalue weighted by Gasteiger charge is -2.17. The van der Waals surface area contributed by atoms with Crippen molar-refractivity contribution in [3.8, 4) is 28.7 Å². The summed E-state index contributed by atoms with van der Waals surface area (Å²) >= 11 is -1.98. The Morgan fingerprint density at radius 1 is 1.04 bits per heavy atom. The van der Waals surface area contributed by atoms with Crippen LogP contribution in [-0.4, -0.2) is 30.6 Å². The molecule has 0 heterocycles. The smallest absolute Gasteiger partial charge is 0.316 e. The first-order chi connectivity index (χ1) is 13.0. The molecule has 1 unspecified atom stereocenters. The van der Waals surface area contributed by atoms with Crippen LogP contribution in [0.1, 0.15) is 23.1 Å². The number of anilines is 1. The molecule has 1 aliphatic carbocycles. The summed E-state index contributed by atoms with van der Waals surface area (Å²) in [5.41, 5.74) is 3.31. The first-order valence-electron chi connectivity index (χ1n) is 8.49. The molecule has 3 rings (SSSR count). The highest BCUT2D eigenvalue weighted by Gasteiger charge is 2.23. The Kier molecular flexibility index (Phi) is 5.65. The zero-order chi connectivity index (χ0) is 19.6. The molecule has 0 radical (unpaired) electrons. The number of rotatable bonds is 7. The Labute approximate surface area is 161 Å². The van der Waals surface area contributed by atoms with Crippen molar-refractivity contribution in [2.24, 2.45) is 0 Å². The molecule has 2 aromatic carbocycles. The molecule has 27 heavy (non-hydrogen) atoms. The Hall–Kier alpha value is -2.61. The van der Waals surface area contributed by atoms with Crippen molar-refractivity contribution in [3.05, 3.63) is 34.9 Å². The van der Waals surface area contributed by atoms with Crippen LogP contribution in [0.2, 0.25) is 0 Å².